The summed E-state index contributed by atoms with van der Waals surface area (Å²) in [6.45, 7) is 6.07. The molecule has 2 heteroatoms. The Morgan fingerprint density at radius 1 is 1.40 bits per heavy atom. The van der Waals surface area contributed by atoms with Gasteiger partial charge in [0.15, 0.2) is 0 Å². The zero-order valence-corrected chi connectivity index (χ0v) is 6.63. The first-order valence-electron chi connectivity index (χ1n) is 3.37. The molecule has 0 aromatic carbocycles. The van der Waals surface area contributed by atoms with Crippen molar-refractivity contribution >= 4 is 11.9 Å². The first-order valence-corrected chi connectivity index (χ1v) is 3.37. The molecule has 0 N–H and O–H groups in total. The van der Waals surface area contributed by atoms with Gasteiger partial charge < -0.3 is 0 Å². The highest BCUT2D eigenvalue weighted by Crippen LogP contribution is 2.12. The topological polar surface area (TPSA) is 24.7 Å². The Kier molecular flexibility index (Phi) is 1.70. The molecule has 0 fully saturated rings. The van der Waals surface area contributed by atoms with Gasteiger partial charge in [-0.2, -0.15) is 0 Å². The number of hydrogen-bond donors (Lipinski definition) is 0. The average Bonchev–Trinajstić information content (AvgIpc) is 1.90. The number of rotatable bonds is 0. The standard InChI is InChI=1S/C8H12N2/c1-7-6-9-5-4-8(2,3)10-7/h4-6H,1-3H3. The quantitative estimate of drug-likeness (QED) is 0.485. The first kappa shape index (κ1) is 7.19. The van der Waals surface area contributed by atoms with Gasteiger partial charge in [-0.15, -0.1) is 0 Å². The van der Waals surface area contributed by atoms with Crippen LogP contribution in [0.5, 0.6) is 0 Å². The number of aliphatic imine (C=N–C) groups is 2. The molecule has 2 nitrogen and oxygen atoms in total. The smallest absolute Gasteiger partial charge is 0.0753 e. The molecule has 0 aromatic heterocycles. The van der Waals surface area contributed by atoms with E-state index in [4.69, 9.17) is 0 Å². The van der Waals surface area contributed by atoms with E-state index in [9.17, 15) is 0 Å². The largest absolute Gasteiger partial charge is 0.278 e. The second-order valence-corrected chi connectivity index (χ2v) is 3.00. The molecule has 0 amide bonds. The Morgan fingerprint density at radius 2 is 2.10 bits per heavy atom. The van der Waals surface area contributed by atoms with Gasteiger partial charge in [0.05, 0.1) is 11.3 Å². The maximum Gasteiger partial charge on any atom is 0.0753 e. The van der Waals surface area contributed by atoms with Crippen molar-refractivity contribution in [2.75, 3.05) is 0 Å². The summed E-state index contributed by atoms with van der Waals surface area (Å²) in [4.78, 5) is 8.40. The Morgan fingerprint density at radius 3 is 2.80 bits per heavy atom. The summed E-state index contributed by atoms with van der Waals surface area (Å²) >= 11 is 0. The van der Waals surface area contributed by atoms with Crippen LogP contribution in [0.15, 0.2) is 22.3 Å². The van der Waals surface area contributed by atoms with Crippen LogP contribution in [0.25, 0.3) is 0 Å². The van der Waals surface area contributed by atoms with Crippen molar-refractivity contribution < 1.29 is 0 Å². The van der Waals surface area contributed by atoms with Gasteiger partial charge in [-0.25, -0.2) is 0 Å². The summed E-state index contributed by atoms with van der Waals surface area (Å²) < 4.78 is 0. The van der Waals surface area contributed by atoms with E-state index in [1.807, 2.05) is 13.0 Å². The maximum atomic E-state index is 4.39. The van der Waals surface area contributed by atoms with Gasteiger partial charge in [-0.05, 0) is 26.8 Å². The van der Waals surface area contributed by atoms with Gasteiger partial charge in [-0.3, -0.25) is 9.98 Å². The molecule has 1 rings (SSSR count). The monoisotopic (exact) mass is 136 g/mol. The lowest BCUT2D eigenvalue weighted by Crippen LogP contribution is -2.13. The van der Waals surface area contributed by atoms with E-state index in [1.54, 1.807) is 12.4 Å². The molecule has 0 saturated heterocycles. The van der Waals surface area contributed by atoms with Crippen LogP contribution in [0.1, 0.15) is 20.8 Å². The highest BCUT2D eigenvalue weighted by Gasteiger charge is 2.11. The number of hydrogen-bond acceptors (Lipinski definition) is 2. The second-order valence-electron chi connectivity index (χ2n) is 3.00. The molecule has 0 atom stereocenters. The fourth-order valence-electron chi connectivity index (χ4n) is 0.897. The summed E-state index contributed by atoms with van der Waals surface area (Å²) in [5.41, 5.74) is 0.899. The summed E-state index contributed by atoms with van der Waals surface area (Å²) in [5, 5.41) is 0. The number of nitrogens with zero attached hydrogens (tertiary/aromatic N) is 2. The van der Waals surface area contributed by atoms with Gasteiger partial charge >= 0.3 is 0 Å². The predicted octanol–water partition coefficient (Wildman–Crippen LogP) is 1.82. The van der Waals surface area contributed by atoms with Crippen LogP contribution in [0.3, 0.4) is 0 Å². The SMILES string of the molecule is CC1=NC(C)(C)C=CN=C1. The van der Waals surface area contributed by atoms with Crippen LogP contribution < -0.4 is 0 Å². The Labute approximate surface area is 61.4 Å². The molecule has 0 spiro atoms. The van der Waals surface area contributed by atoms with E-state index in [0.717, 1.165) is 5.71 Å². The minimum atomic E-state index is -0.0828. The minimum absolute atomic E-state index is 0.0828. The van der Waals surface area contributed by atoms with E-state index >= 15 is 0 Å². The third kappa shape index (κ3) is 1.79. The summed E-state index contributed by atoms with van der Waals surface area (Å²) in [7, 11) is 0. The Hall–Kier alpha value is -0.920. The van der Waals surface area contributed by atoms with Crippen molar-refractivity contribution in [3.05, 3.63) is 12.3 Å². The van der Waals surface area contributed by atoms with Gasteiger partial charge in [0.2, 0.25) is 0 Å². The third-order valence-corrected chi connectivity index (χ3v) is 1.29. The molecule has 0 bridgehead atoms. The highest BCUT2D eigenvalue weighted by atomic mass is 14.9. The predicted molar refractivity (Wildman–Crippen MR) is 44.8 cm³/mol. The van der Waals surface area contributed by atoms with E-state index < -0.39 is 0 Å². The molecule has 0 aliphatic carbocycles. The Bertz CT molecular complexity index is 209. The van der Waals surface area contributed by atoms with Gasteiger partial charge in [0, 0.05) is 12.4 Å². The summed E-state index contributed by atoms with van der Waals surface area (Å²) in [5.74, 6) is 0. The molecule has 0 radical (unpaired) electrons. The lowest BCUT2D eigenvalue weighted by molar-refractivity contribution is 0.659. The van der Waals surface area contributed by atoms with Crippen LogP contribution in [0, 0.1) is 0 Å². The van der Waals surface area contributed by atoms with Crippen LogP contribution >= 0.6 is 0 Å². The Balaban J connectivity index is 2.93. The molecule has 1 aliphatic rings. The normalized spacial score (nSPS) is 22.1. The van der Waals surface area contributed by atoms with E-state index in [1.165, 1.54) is 0 Å². The molecule has 10 heavy (non-hydrogen) atoms. The van der Waals surface area contributed by atoms with Crippen molar-refractivity contribution in [2.24, 2.45) is 9.98 Å². The average molecular weight is 136 g/mol. The van der Waals surface area contributed by atoms with E-state index in [0.29, 0.717) is 0 Å². The zero-order valence-electron chi connectivity index (χ0n) is 6.63. The molecule has 1 aliphatic heterocycles. The third-order valence-electron chi connectivity index (χ3n) is 1.29. The summed E-state index contributed by atoms with van der Waals surface area (Å²) in [6.07, 6.45) is 5.55. The summed E-state index contributed by atoms with van der Waals surface area (Å²) in [6, 6.07) is 0. The van der Waals surface area contributed by atoms with E-state index in [-0.39, 0.29) is 5.54 Å². The molecule has 54 valence electrons. The minimum Gasteiger partial charge on any atom is -0.278 e. The highest BCUT2D eigenvalue weighted by molar-refractivity contribution is 6.29. The first-order chi connectivity index (χ1) is 4.60. The van der Waals surface area contributed by atoms with Crippen LogP contribution in [-0.2, 0) is 0 Å². The maximum absolute atomic E-state index is 4.39. The van der Waals surface area contributed by atoms with Crippen molar-refractivity contribution in [1.82, 2.24) is 0 Å². The van der Waals surface area contributed by atoms with Crippen LogP contribution in [-0.4, -0.2) is 17.5 Å². The van der Waals surface area contributed by atoms with Crippen molar-refractivity contribution in [1.29, 1.82) is 0 Å². The van der Waals surface area contributed by atoms with Crippen molar-refractivity contribution in [2.45, 2.75) is 26.3 Å². The van der Waals surface area contributed by atoms with Gasteiger partial charge in [0.1, 0.15) is 0 Å². The van der Waals surface area contributed by atoms with E-state index in [2.05, 4.69) is 23.8 Å². The lowest BCUT2D eigenvalue weighted by atomic mass is 10.1. The lowest BCUT2D eigenvalue weighted by Gasteiger charge is -2.12. The van der Waals surface area contributed by atoms with Gasteiger partial charge in [-0.1, -0.05) is 0 Å². The van der Waals surface area contributed by atoms with Gasteiger partial charge in [0.25, 0.3) is 0 Å². The molecule has 1 heterocycles. The van der Waals surface area contributed by atoms with Crippen LogP contribution in [0.2, 0.25) is 0 Å². The van der Waals surface area contributed by atoms with Crippen LogP contribution in [0.4, 0.5) is 0 Å². The van der Waals surface area contributed by atoms with Crippen molar-refractivity contribution in [3.63, 3.8) is 0 Å². The molecular weight excluding hydrogens is 124 g/mol. The fourth-order valence-corrected chi connectivity index (χ4v) is 0.897. The van der Waals surface area contributed by atoms with Crippen molar-refractivity contribution in [3.8, 4) is 0 Å². The molecular formula is C8H12N2. The second kappa shape index (κ2) is 2.37. The molecule has 0 aromatic rings. The molecule has 0 unspecified atom stereocenters. The fraction of sp³-hybridized carbons (Fsp3) is 0.500. The zero-order chi connectivity index (χ0) is 7.61. The molecule has 0 saturated carbocycles.